The summed E-state index contributed by atoms with van der Waals surface area (Å²) in [5.74, 6) is -0.778. The topological polar surface area (TPSA) is 84.9 Å². The molecule has 0 heterocycles. The lowest BCUT2D eigenvalue weighted by Gasteiger charge is -2.13. The first-order valence-electron chi connectivity index (χ1n) is 6.60. The number of carboxylic acids is 1. The molecular formula is C16H14BrNO5. The summed E-state index contributed by atoms with van der Waals surface area (Å²) >= 11 is 3.23. The minimum Gasteiger partial charge on any atom is -0.495 e. The second-order valence-corrected chi connectivity index (χ2v) is 5.29. The Bertz CT molecular complexity index is 718. The van der Waals surface area contributed by atoms with Crippen molar-refractivity contribution in [2.24, 2.45) is 0 Å². The molecule has 0 unspecified atom stereocenters. The first kappa shape index (κ1) is 16.8. The van der Waals surface area contributed by atoms with Crippen molar-refractivity contribution in [3.63, 3.8) is 0 Å². The Morgan fingerprint density at radius 1 is 1.17 bits per heavy atom. The summed E-state index contributed by atoms with van der Waals surface area (Å²) < 4.78 is 10.5. The Labute approximate surface area is 141 Å². The van der Waals surface area contributed by atoms with Crippen LogP contribution in [-0.4, -0.2) is 24.3 Å². The van der Waals surface area contributed by atoms with Crippen molar-refractivity contribution in [2.45, 2.75) is 6.61 Å². The molecule has 0 aliphatic carbocycles. The quantitative estimate of drug-likeness (QED) is 0.822. The number of rotatable bonds is 5. The van der Waals surface area contributed by atoms with Crippen LogP contribution in [0.2, 0.25) is 0 Å². The molecule has 23 heavy (non-hydrogen) atoms. The number of carbonyl (C=O) groups excluding carboxylic acids is 1. The maximum atomic E-state index is 11.9. The highest BCUT2D eigenvalue weighted by atomic mass is 79.9. The number of halogens is 1. The number of aromatic carboxylic acids is 1. The van der Waals surface area contributed by atoms with Crippen molar-refractivity contribution in [3.8, 4) is 5.75 Å². The van der Waals surface area contributed by atoms with Crippen LogP contribution < -0.4 is 10.1 Å². The molecule has 6 nitrogen and oxygen atoms in total. The highest BCUT2D eigenvalue weighted by molar-refractivity contribution is 9.10. The predicted molar refractivity (Wildman–Crippen MR) is 87.9 cm³/mol. The molecule has 0 aliphatic heterocycles. The van der Waals surface area contributed by atoms with Gasteiger partial charge in [0.1, 0.15) is 12.4 Å². The molecular weight excluding hydrogens is 366 g/mol. The van der Waals surface area contributed by atoms with Gasteiger partial charge in [-0.05, 0) is 33.6 Å². The molecule has 0 aromatic heterocycles. The van der Waals surface area contributed by atoms with Crippen molar-refractivity contribution < 1.29 is 24.2 Å². The number of hydrogen-bond acceptors (Lipinski definition) is 4. The third-order valence-electron chi connectivity index (χ3n) is 3.00. The van der Waals surface area contributed by atoms with Gasteiger partial charge in [-0.15, -0.1) is 0 Å². The monoisotopic (exact) mass is 379 g/mol. The molecule has 2 aromatic carbocycles. The predicted octanol–water partition coefficient (Wildman–Crippen LogP) is 3.90. The van der Waals surface area contributed by atoms with E-state index in [1.807, 2.05) is 30.3 Å². The molecule has 0 aliphatic rings. The number of amides is 1. The number of hydrogen-bond donors (Lipinski definition) is 2. The summed E-state index contributed by atoms with van der Waals surface area (Å²) in [4.78, 5) is 23.2. The second-order valence-electron chi connectivity index (χ2n) is 4.50. The van der Waals surface area contributed by atoms with Crippen molar-refractivity contribution in [1.82, 2.24) is 0 Å². The van der Waals surface area contributed by atoms with Gasteiger partial charge in [0, 0.05) is 0 Å². The molecule has 0 atom stereocenters. The van der Waals surface area contributed by atoms with E-state index in [-0.39, 0.29) is 17.9 Å². The molecule has 0 radical (unpaired) electrons. The number of carbonyl (C=O) groups is 2. The SMILES string of the molecule is COc1ccc(C(=O)O)c(NC(=O)OCc2ccccc2)c1Br. The van der Waals surface area contributed by atoms with E-state index >= 15 is 0 Å². The zero-order valence-electron chi connectivity index (χ0n) is 12.2. The van der Waals surface area contributed by atoms with Gasteiger partial charge >= 0.3 is 12.1 Å². The van der Waals surface area contributed by atoms with Crippen LogP contribution in [0.25, 0.3) is 0 Å². The Kier molecular flexibility index (Phi) is 5.59. The third kappa shape index (κ3) is 4.23. The van der Waals surface area contributed by atoms with E-state index in [1.165, 1.54) is 19.2 Å². The normalized spacial score (nSPS) is 10.0. The van der Waals surface area contributed by atoms with Crippen molar-refractivity contribution in [1.29, 1.82) is 0 Å². The fraction of sp³-hybridized carbons (Fsp3) is 0.125. The van der Waals surface area contributed by atoms with Gasteiger partial charge < -0.3 is 14.6 Å². The van der Waals surface area contributed by atoms with Crippen LogP contribution in [0.5, 0.6) is 5.75 Å². The number of methoxy groups -OCH3 is 1. The highest BCUT2D eigenvalue weighted by Gasteiger charge is 2.19. The molecule has 7 heteroatoms. The van der Waals surface area contributed by atoms with E-state index in [1.54, 1.807) is 0 Å². The van der Waals surface area contributed by atoms with Gasteiger partial charge in [0.15, 0.2) is 0 Å². The van der Waals surface area contributed by atoms with Gasteiger partial charge in [-0.3, -0.25) is 5.32 Å². The molecule has 1 amide bonds. The van der Waals surface area contributed by atoms with Crippen LogP contribution >= 0.6 is 15.9 Å². The van der Waals surface area contributed by atoms with Crippen LogP contribution in [0.1, 0.15) is 15.9 Å². The minimum atomic E-state index is -1.17. The average Bonchev–Trinajstić information content (AvgIpc) is 2.55. The molecule has 0 spiro atoms. The Morgan fingerprint density at radius 2 is 1.87 bits per heavy atom. The molecule has 0 fully saturated rings. The minimum absolute atomic E-state index is 0.0747. The summed E-state index contributed by atoms with van der Waals surface area (Å²) in [6, 6.07) is 12.0. The lowest BCUT2D eigenvalue weighted by atomic mass is 10.1. The fourth-order valence-corrected chi connectivity index (χ4v) is 2.48. The Balaban J connectivity index is 2.14. The van der Waals surface area contributed by atoms with Crippen LogP contribution in [0.3, 0.4) is 0 Å². The van der Waals surface area contributed by atoms with E-state index in [2.05, 4.69) is 21.2 Å². The molecule has 0 saturated heterocycles. The zero-order chi connectivity index (χ0) is 16.8. The van der Waals surface area contributed by atoms with Gasteiger partial charge in [0.05, 0.1) is 22.8 Å². The maximum Gasteiger partial charge on any atom is 0.412 e. The second kappa shape index (κ2) is 7.64. The van der Waals surface area contributed by atoms with E-state index in [0.29, 0.717) is 10.2 Å². The molecule has 0 bridgehead atoms. The first-order valence-corrected chi connectivity index (χ1v) is 7.39. The fourth-order valence-electron chi connectivity index (χ4n) is 1.88. The summed E-state index contributed by atoms with van der Waals surface area (Å²) in [7, 11) is 1.44. The molecule has 2 rings (SSSR count). The largest absolute Gasteiger partial charge is 0.495 e. The van der Waals surface area contributed by atoms with Gasteiger partial charge in [0.2, 0.25) is 0 Å². The number of carboxylic acid groups (broad SMARTS) is 1. The number of anilines is 1. The third-order valence-corrected chi connectivity index (χ3v) is 3.78. The number of ether oxygens (including phenoxy) is 2. The van der Waals surface area contributed by atoms with Crippen molar-refractivity contribution >= 4 is 33.7 Å². The van der Waals surface area contributed by atoms with Gasteiger partial charge in [-0.1, -0.05) is 30.3 Å². The van der Waals surface area contributed by atoms with Crippen molar-refractivity contribution in [3.05, 3.63) is 58.1 Å². The lowest BCUT2D eigenvalue weighted by molar-refractivity contribution is 0.0698. The van der Waals surface area contributed by atoms with Gasteiger partial charge in [-0.2, -0.15) is 0 Å². The van der Waals surface area contributed by atoms with Crippen LogP contribution in [0, 0.1) is 0 Å². The van der Waals surface area contributed by atoms with Gasteiger partial charge in [0.25, 0.3) is 0 Å². The van der Waals surface area contributed by atoms with E-state index in [0.717, 1.165) is 5.56 Å². The summed E-state index contributed by atoms with van der Waals surface area (Å²) in [6.07, 6.45) is -0.759. The summed E-state index contributed by atoms with van der Waals surface area (Å²) in [5, 5.41) is 11.7. The van der Waals surface area contributed by atoms with Gasteiger partial charge in [-0.25, -0.2) is 9.59 Å². The smallest absolute Gasteiger partial charge is 0.412 e. The molecule has 120 valence electrons. The molecule has 2 N–H and O–H groups in total. The number of nitrogens with one attached hydrogen (secondary N) is 1. The first-order chi connectivity index (χ1) is 11.0. The number of benzene rings is 2. The lowest BCUT2D eigenvalue weighted by Crippen LogP contribution is -2.16. The molecule has 0 saturated carbocycles. The average molecular weight is 380 g/mol. The summed E-state index contributed by atoms with van der Waals surface area (Å²) in [6.45, 7) is 0.0800. The van der Waals surface area contributed by atoms with Crippen LogP contribution in [0.4, 0.5) is 10.5 Å². The van der Waals surface area contributed by atoms with Crippen molar-refractivity contribution in [2.75, 3.05) is 12.4 Å². The zero-order valence-corrected chi connectivity index (χ0v) is 13.8. The van der Waals surface area contributed by atoms with Crippen LogP contribution in [0.15, 0.2) is 46.9 Å². The standard InChI is InChI=1S/C16H14BrNO5/c1-22-12-8-7-11(15(19)20)14(13(12)17)18-16(21)23-9-10-5-3-2-4-6-10/h2-8H,9H2,1H3,(H,18,21)(H,19,20). The molecule has 2 aromatic rings. The Hall–Kier alpha value is -2.54. The van der Waals surface area contributed by atoms with Crippen LogP contribution in [-0.2, 0) is 11.3 Å². The van der Waals surface area contributed by atoms with E-state index < -0.39 is 12.1 Å². The maximum absolute atomic E-state index is 11.9. The highest BCUT2D eigenvalue weighted by Crippen LogP contribution is 2.35. The summed E-state index contributed by atoms with van der Waals surface area (Å²) in [5.41, 5.74) is 0.829. The van der Waals surface area contributed by atoms with E-state index in [4.69, 9.17) is 9.47 Å². The van der Waals surface area contributed by atoms with E-state index in [9.17, 15) is 14.7 Å². The Morgan fingerprint density at radius 3 is 2.48 bits per heavy atom.